The summed E-state index contributed by atoms with van der Waals surface area (Å²) in [6, 6.07) is 17.3. The molecule has 0 unspecified atom stereocenters. The number of benzene rings is 2. The Hall–Kier alpha value is -3.54. The molecule has 2 aromatic carbocycles. The second kappa shape index (κ2) is 6.40. The number of rotatable bonds is 3. The van der Waals surface area contributed by atoms with E-state index in [1.54, 1.807) is 36.1 Å². The summed E-state index contributed by atoms with van der Waals surface area (Å²) in [4.78, 5) is 16.5. The van der Waals surface area contributed by atoms with Gasteiger partial charge in [0.1, 0.15) is 12.1 Å². The number of hydrogen-bond acceptors (Lipinski definition) is 3. The SMILES string of the molecule is CNC(=O)c1ccccc1-c1cc2cc(-c3ccc(F)cc3)nn2cn1. The van der Waals surface area contributed by atoms with E-state index in [1.807, 2.05) is 30.3 Å². The van der Waals surface area contributed by atoms with E-state index >= 15 is 0 Å². The molecule has 0 aliphatic carbocycles. The molecule has 0 spiro atoms. The maximum atomic E-state index is 13.1. The van der Waals surface area contributed by atoms with Crippen LogP contribution in [0.15, 0.2) is 67.0 Å². The van der Waals surface area contributed by atoms with E-state index in [0.29, 0.717) is 11.3 Å². The highest BCUT2D eigenvalue weighted by molar-refractivity contribution is 6.00. The molecule has 4 rings (SSSR count). The fourth-order valence-electron chi connectivity index (χ4n) is 2.85. The van der Waals surface area contributed by atoms with Gasteiger partial charge in [0.25, 0.3) is 5.91 Å². The first-order chi connectivity index (χ1) is 12.7. The Labute approximate surface area is 149 Å². The zero-order valence-electron chi connectivity index (χ0n) is 14.0. The Morgan fingerprint density at radius 3 is 2.54 bits per heavy atom. The Morgan fingerprint density at radius 1 is 1.04 bits per heavy atom. The van der Waals surface area contributed by atoms with Gasteiger partial charge in [-0.25, -0.2) is 13.9 Å². The van der Waals surface area contributed by atoms with E-state index in [9.17, 15) is 9.18 Å². The predicted molar refractivity (Wildman–Crippen MR) is 97.2 cm³/mol. The molecule has 6 heteroatoms. The summed E-state index contributed by atoms with van der Waals surface area (Å²) in [7, 11) is 1.60. The Kier molecular flexibility index (Phi) is 3.93. The molecule has 0 atom stereocenters. The van der Waals surface area contributed by atoms with Crippen LogP contribution in [0.3, 0.4) is 0 Å². The average molecular weight is 346 g/mol. The third kappa shape index (κ3) is 2.82. The van der Waals surface area contributed by atoms with Crippen molar-refractivity contribution in [3.05, 3.63) is 78.4 Å². The number of hydrogen-bond donors (Lipinski definition) is 1. The lowest BCUT2D eigenvalue weighted by Gasteiger charge is -2.07. The zero-order chi connectivity index (χ0) is 18.1. The Balaban J connectivity index is 1.80. The van der Waals surface area contributed by atoms with Crippen molar-refractivity contribution in [2.24, 2.45) is 0 Å². The lowest BCUT2D eigenvalue weighted by molar-refractivity contribution is 0.0963. The maximum absolute atomic E-state index is 13.1. The molecule has 0 aliphatic rings. The van der Waals surface area contributed by atoms with Crippen LogP contribution in [0.2, 0.25) is 0 Å². The zero-order valence-corrected chi connectivity index (χ0v) is 14.0. The van der Waals surface area contributed by atoms with Gasteiger partial charge in [0.2, 0.25) is 0 Å². The van der Waals surface area contributed by atoms with Gasteiger partial charge >= 0.3 is 0 Å². The van der Waals surface area contributed by atoms with Crippen LogP contribution in [0.4, 0.5) is 4.39 Å². The molecule has 2 aromatic heterocycles. The number of halogens is 1. The lowest BCUT2D eigenvalue weighted by Crippen LogP contribution is -2.18. The number of carbonyl (C=O) groups is 1. The van der Waals surface area contributed by atoms with E-state index in [4.69, 9.17) is 0 Å². The van der Waals surface area contributed by atoms with Crippen LogP contribution in [0.1, 0.15) is 10.4 Å². The van der Waals surface area contributed by atoms with Crippen LogP contribution in [0.5, 0.6) is 0 Å². The molecule has 5 nitrogen and oxygen atoms in total. The minimum atomic E-state index is -0.285. The first kappa shape index (κ1) is 16.0. The number of nitrogens with zero attached hydrogens (tertiary/aromatic N) is 3. The van der Waals surface area contributed by atoms with Crippen molar-refractivity contribution in [1.29, 1.82) is 0 Å². The molecular formula is C20H15FN4O. The van der Waals surface area contributed by atoms with Gasteiger partial charge in [-0.2, -0.15) is 5.10 Å². The van der Waals surface area contributed by atoms with Crippen molar-refractivity contribution in [3.8, 4) is 22.5 Å². The second-order valence-corrected chi connectivity index (χ2v) is 5.80. The van der Waals surface area contributed by atoms with Gasteiger partial charge in [-0.05, 0) is 42.5 Å². The Morgan fingerprint density at radius 2 is 1.77 bits per heavy atom. The molecule has 0 fully saturated rings. The lowest BCUT2D eigenvalue weighted by atomic mass is 10.0. The molecule has 26 heavy (non-hydrogen) atoms. The van der Waals surface area contributed by atoms with Crippen LogP contribution >= 0.6 is 0 Å². The monoisotopic (exact) mass is 346 g/mol. The van der Waals surface area contributed by atoms with Crippen molar-refractivity contribution in [2.45, 2.75) is 0 Å². The van der Waals surface area contributed by atoms with Crippen molar-refractivity contribution in [3.63, 3.8) is 0 Å². The van der Waals surface area contributed by atoms with Gasteiger partial charge in [0.05, 0.1) is 16.9 Å². The summed E-state index contributed by atoms with van der Waals surface area (Å²) in [6.07, 6.45) is 1.61. The van der Waals surface area contributed by atoms with Gasteiger partial charge in [-0.1, -0.05) is 18.2 Å². The van der Waals surface area contributed by atoms with Gasteiger partial charge in [-0.3, -0.25) is 4.79 Å². The molecule has 0 radical (unpaired) electrons. The topological polar surface area (TPSA) is 59.3 Å². The first-order valence-electron chi connectivity index (χ1n) is 8.08. The fraction of sp³-hybridized carbons (Fsp3) is 0.0500. The van der Waals surface area contributed by atoms with E-state index in [2.05, 4.69) is 15.4 Å². The number of amides is 1. The normalized spacial score (nSPS) is 10.8. The largest absolute Gasteiger partial charge is 0.355 e. The summed E-state index contributed by atoms with van der Waals surface area (Å²) in [5.41, 5.74) is 4.37. The highest BCUT2D eigenvalue weighted by Crippen LogP contribution is 2.25. The molecule has 4 aromatic rings. The highest BCUT2D eigenvalue weighted by Gasteiger charge is 2.13. The standard InChI is InChI=1S/C20H15FN4O/c1-22-20(26)17-5-3-2-4-16(17)19-11-15-10-18(24-25(15)12-23-19)13-6-8-14(21)9-7-13/h2-12H,1H3,(H,22,26). The minimum Gasteiger partial charge on any atom is -0.355 e. The van der Waals surface area contributed by atoms with Gasteiger partial charge in [0, 0.05) is 23.7 Å². The number of carbonyl (C=O) groups excluding carboxylic acids is 1. The third-order valence-corrected chi connectivity index (χ3v) is 4.17. The summed E-state index contributed by atoms with van der Waals surface area (Å²) in [6.45, 7) is 0. The van der Waals surface area contributed by atoms with E-state index in [0.717, 1.165) is 22.3 Å². The summed E-state index contributed by atoms with van der Waals surface area (Å²) in [5.74, 6) is -0.449. The van der Waals surface area contributed by atoms with Crippen LogP contribution < -0.4 is 5.32 Å². The van der Waals surface area contributed by atoms with Crippen LogP contribution in [0, 0.1) is 5.82 Å². The van der Waals surface area contributed by atoms with E-state index in [1.165, 1.54) is 12.1 Å². The predicted octanol–water partition coefficient (Wildman–Crippen LogP) is 3.56. The number of fused-ring (bicyclic) bond motifs is 1. The molecule has 1 amide bonds. The van der Waals surface area contributed by atoms with Crippen LogP contribution in [0.25, 0.3) is 28.0 Å². The Bertz CT molecular complexity index is 1100. The summed E-state index contributed by atoms with van der Waals surface area (Å²) in [5, 5.41) is 7.12. The molecule has 1 N–H and O–H groups in total. The first-order valence-corrected chi connectivity index (χ1v) is 8.08. The van der Waals surface area contributed by atoms with Crippen molar-refractivity contribution >= 4 is 11.4 Å². The minimum absolute atomic E-state index is 0.164. The molecule has 0 bridgehead atoms. The van der Waals surface area contributed by atoms with Gasteiger partial charge in [0.15, 0.2) is 0 Å². The molecule has 0 saturated heterocycles. The fourth-order valence-corrected chi connectivity index (χ4v) is 2.85. The number of aromatic nitrogens is 3. The molecular weight excluding hydrogens is 331 g/mol. The quantitative estimate of drug-likeness (QED) is 0.617. The smallest absolute Gasteiger partial charge is 0.251 e. The third-order valence-electron chi connectivity index (χ3n) is 4.17. The van der Waals surface area contributed by atoms with Crippen molar-refractivity contribution < 1.29 is 9.18 Å². The molecule has 0 saturated carbocycles. The van der Waals surface area contributed by atoms with E-state index < -0.39 is 0 Å². The maximum Gasteiger partial charge on any atom is 0.251 e. The average Bonchev–Trinajstić information content (AvgIpc) is 3.11. The summed E-state index contributed by atoms with van der Waals surface area (Å²) < 4.78 is 14.8. The summed E-state index contributed by atoms with van der Waals surface area (Å²) >= 11 is 0. The van der Waals surface area contributed by atoms with Crippen LogP contribution in [-0.2, 0) is 0 Å². The number of nitrogens with one attached hydrogen (secondary N) is 1. The van der Waals surface area contributed by atoms with Crippen molar-refractivity contribution in [2.75, 3.05) is 7.05 Å². The van der Waals surface area contributed by atoms with E-state index in [-0.39, 0.29) is 11.7 Å². The molecule has 2 heterocycles. The molecule has 128 valence electrons. The molecule has 0 aliphatic heterocycles. The highest BCUT2D eigenvalue weighted by atomic mass is 19.1. The van der Waals surface area contributed by atoms with Crippen molar-refractivity contribution in [1.82, 2.24) is 19.9 Å². The van der Waals surface area contributed by atoms with Gasteiger partial charge in [-0.15, -0.1) is 0 Å². The van der Waals surface area contributed by atoms with Crippen LogP contribution in [-0.4, -0.2) is 27.6 Å². The second-order valence-electron chi connectivity index (χ2n) is 5.80. The van der Waals surface area contributed by atoms with Gasteiger partial charge < -0.3 is 5.32 Å².